The minimum Gasteiger partial charge on any atom is -0.0911 e. The predicted molar refractivity (Wildman–Crippen MR) is 88.2 cm³/mol. The van der Waals surface area contributed by atoms with Gasteiger partial charge in [0.1, 0.15) is 0 Å². The number of hydrogen-bond donors (Lipinski definition) is 0. The number of benzene rings is 3. The van der Waals surface area contributed by atoms with Gasteiger partial charge >= 0.3 is 0 Å². The van der Waals surface area contributed by atoms with E-state index in [2.05, 4.69) is 74.7 Å². The second-order valence-electron chi connectivity index (χ2n) is 5.38. The van der Waals surface area contributed by atoms with Crippen molar-refractivity contribution in [3.8, 4) is 0 Å². The van der Waals surface area contributed by atoms with Crippen molar-refractivity contribution in [3.63, 3.8) is 0 Å². The van der Waals surface area contributed by atoms with Gasteiger partial charge in [-0.1, -0.05) is 73.3 Å². The van der Waals surface area contributed by atoms with E-state index in [1.807, 2.05) is 0 Å². The summed E-state index contributed by atoms with van der Waals surface area (Å²) in [6, 6.07) is 19.2. The Labute approximate surface area is 119 Å². The van der Waals surface area contributed by atoms with Crippen molar-refractivity contribution < 1.29 is 0 Å². The van der Waals surface area contributed by atoms with Crippen molar-refractivity contribution >= 4 is 23.9 Å². The minimum absolute atomic E-state index is 0.909. The molecule has 3 rings (SSSR count). The van der Waals surface area contributed by atoms with Crippen LogP contribution < -0.4 is 10.4 Å². The first-order valence-corrected chi connectivity index (χ1v) is 6.89. The highest BCUT2D eigenvalue weighted by Gasteiger charge is 2.02. The monoisotopic (exact) mass is 258 g/mol. The van der Waals surface area contributed by atoms with Gasteiger partial charge in [-0.05, 0) is 45.7 Å². The van der Waals surface area contributed by atoms with Gasteiger partial charge in [-0.2, -0.15) is 0 Å². The van der Waals surface area contributed by atoms with Crippen LogP contribution in [-0.2, 0) is 6.42 Å². The Bertz CT molecular complexity index is 855. The quantitative estimate of drug-likeness (QED) is 0.659. The van der Waals surface area contributed by atoms with Crippen LogP contribution in [0.1, 0.15) is 16.7 Å². The summed E-state index contributed by atoms with van der Waals surface area (Å²) >= 11 is 0. The summed E-state index contributed by atoms with van der Waals surface area (Å²) in [5, 5.41) is 4.61. The largest absolute Gasteiger partial charge is 0.0911 e. The fraction of sp³-hybridized carbons (Fsp3) is 0.100. The molecular weight excluding hydrogens is 240 g/mol. The number of hydrogen-bond acceptors (Lipinski definition) is 0. The molecule has 0 saturated carbocycles. The molecule has 98 valence electrons. The Kier molecular flexibility index (Phi) is 3.15. The molecule has 0 heterocycles. The maximum atomic E-state index is 4.28. The normalized spacial score (nSPS) is 10.8. The average Bonchev–Trinajstić information content (AvgIpc) is 2.47. The summed E-state index contributed by atoms with van der Waals surface area (Å²) in [5.74, 6) is 0. The molecule has 0 aliphatic heterocycles. The molecule has 0 saturated heterocycles. The number of fused-ring (bicyclic) bond motifs is 1. The molecule has 0 fully saturated rings. The standard InChI is InChI=1S/C20H18/c1-14-8-10-17(11-9-14)13-18-12-15(2)19-6-4-5-7-20(19)16(18)3/h4-12H,2-3,13H2,1H3. The Morgan fingerprint density at radius 3 is 2.20 bits per heavy atom. The van der Waals surface area contributed by atoms with Gasteiger partial charge in [0.15, 0.2) is 0 Å². The summed E-state index contributed by atoms with van der Waals surface area (Å²) in [7, 11) is 0. The molecule has 0 bridgehead atoms. The molecular formula is C20H18. The highest BCUT2D eigenvalue weighted by Crippen LogP contribution is 2.10. The first-order chi connectivity index (χ1) is 9.65. The zero-order valence-corrected chi connectivity index (χ0v) is 11.8. The molecule has 20 heavy (non-hydrogen) atoms. The topological polar surface area (TPSA) is 0 Å². The summed E-state index contributed by atoms with van der Waals surface area (Å²) in [4.78, 5) is 0. The highest BCUT2D eigenvalue weighted by molar-refractivity contribution is 5.84. The van der Waals surface area contributed by atoms with Crippen LogP contribution in [0.25, 0.3) is 23.9 Å². The lowest BCUT2D eigenvalue weighted by molar-refractivity contribution is 1.17. The van der Waals surface area contributed by atoms with Gasteiger partial charge in [0.25, 0.3) is 0 Å². The van der Waals surface area contributed by atoms with Crippen LogP contribution >= 0.6 is 0 Å². The van der Waals surface area contributed by atoms with Crippen molar-refractivity contribution in [2.24, 2.45) is 0 Å². The van der Waals surface area contributed by atoms with E-state index in [9.17, 15) is 0 Å². The highest BCUT2D eigenvalue weighted by atomic mass is 14.1. The number of aryl methyl sites for hydroxylation is 1. The van der Waals surface area contributed by atoms with E-state index in [-0.39, 0.29) is 0 Å². The van der Waals surface area contributed by atoms with E-state index in [0.717, 1.165) is 16.9 Å². The smallest absolute Gasteiger partial charge is 0.00196 e. The maximum absolute atomic E-state index is 4.28. The second-order valence-corrected chi connectivity index (χ2v) is 5.38. The van der Waals surface area contributed by atoms with Gasteiger partial charge in [-0.25, -0.2) is 0 Å². The van der Waals surface area contributed by atoms with Gasteiger partial charge in [0.05, 0.1) is 0 Å². The van der Waals surface area contributed by atoms with E-state index in [1.54, 1.807) is 0 Å². The van der Waals surface area contributed by atoms with Crippen LogP contribution in [0, 0.1) is 6.92 Å². The Morgan fingerprint density at radius 1 is 0.850 bits per heavy atom. The Balaban J connectivity index is 2.13. The summed E-state index contributed by atoms with van der Waals surface area (Å²) < 4.78 is 0. The first kappa shape index (κ1) is 12.7. The van der Waals surface area contributed by atoms with E-state index in [0.29, 0.717) is 0 Å². The van der Waals surface area contributed by atoms with Crippen molar-refractivity contribution in [2.45, 2.75) is 13.3 Å². The Morgan fingerprint density at radius 2 is 1.50 bits per heavy atom. The van der Waals surface area contributed by atoms with Gasteiger partial charge < -0.3 is 0 Å². The van der Waals surface area contributed by atoms with Crippen LogP contribution in [0.15, 0.2) is 54.6 Å². The van der Waals surface area contributed by atoms with Crippen molar-refractivity contribution in [1.29, 1.82) is 0 Å². The zero-order valence-electron chi connectivity index (χ0n) is 11.8. The molecule has 0 radical (unpaired) electrons. The van der Waals surface area contributed by atoms with Gasteiger partial charge in [-0.15, -0.1) is 0 Å². The van der Waals surface area contributed by atoms with Gasteiger partial charge in [-0.3, -0.25) is 0 Å². The van der Waals surface area contributed by atoms with Gasteiger partial charge in [0, 0.05) is 0 Å². The molecule has 0 amide bonds. The average molecular weight is 258 g/mol. The fourth-order valence-electron chi connectivity index (χ4n) is 2.66. The maximum Gasteiger partial charge on any atom is -0.00196 e. The van der Waals surface area contributed by atoms with E-state index < -0.39 is 0 Å². The van der Waals surface area contributed by atoms with E-state index in [1.165, 1.54) is 27.5 Å². The third-order valence-corrected chi connectivity index (χ3v) is 3.85. The van der Waals surface area contributed by atoms with Crippen molar-refractivity contribution in [1.82, 2.24) is 0 Å². The third kappa shape index (κ3) is 2.25. The molecule has 0 atom stereocenters. The SMILES string of the molecule is C=c1cc(Cc2ccc(C)cc2)c(=C)c2ccccc12. The van der Waals surface area contributed by atoms with Crippen molar-refractivity contribution in [3.05, 3.63) is 81.7 Å². The zero-order chi connectivity index (χ0) is 14.1. The molecule has 0 heteroatoms. The lowest BCUT2D eigenvalue weighted by atomic mass is 9.97. The molecule has 0 nitrogen and oxygen atoms in total. The van der Waals surface area contributed by atoms with E-state index in [4.69, 9.17) is 0 Å². The minimum atomic E-state index is 0.909. The summed E-state index contributed by atoms with van der Waals surface area (Å²) in [5.41, 5.74) is 3.87. The molecule has 3 aromatic rings. The lowest BCUT2D eigenvalue weighted by Crippen LogP contribution is -2.16. The molecule has 0 spiro atoms. The molecule has 0 N–H and O–H groups in total. The predicted octanol–water partition coefficient (Wildman–Crippen LogP) is 3.56. The van der Waals surface area contributed by atoms with Gasteiger partial charge in [0.2, 0.25) is 0 Å². The molecule has 0 aliphatic rings. The molecule has 0 aliphatic carbocycles. The second kappa shape index (κ2) is 4.97. The van der Waals surface area contributed by atoms with Crippen LogP contribution in [0.2, 0.25) is 0 Å². The Hall–Kier alpha value is -2.34. The summed E-state index contributed by atoms with van der Waals surface area (Å²) in [6.45, 7) is 10.6. The first-order valence-electron chi connectivity index (χ1n) is 6.89. The van der Waals surface area contributed by atoms with Crippen molar-refractivity contribution in [2.75, 3.05) is 0 Å². The molecule has 0 unspecified atom stereocenters. The lowest BCUT2D eigenvalue weighted by Gasteiger charge is -2.07. The molecule has 3 aromatic carbocycles. The van der Waals surface area contributed by atoms with E-state index >= 15 is 0 Å². The molecule has 0 aromatic heterocycles. The third-order valence-electron chi connectivity index (χ3n) is 3.85. The van der Waals surface area contributed by atoms with Crippen LogP contribution in [0.5, 0.6) is 0 Å². The number of rotatable bonds is 2. The van der Waals surface area contributed by atoms with Crippen LogP contribution in [0.4, 0.5) is 0 Å². The fourth-order valence-corrected chi connectivity index (χ4v) is 2.66. The summed E-state index contributed by atoms with van der Waals surface area (Å²) in [6.07, 6.45) is 0.909. The van der Waals surface area contributed by atoms with Crippen LogP contribution in [-0.4, -0.2) is 0 Å². The van der Waals surface area contributed by atoms with Crippen LogP contribution in [0.3, 0.4) is 0 Å².